The first-order valence-electron chi connectivity index (χ1n) is 9.94. The lowest BCUT2D eigenvalue weighted by Crippen LogP contribution is -2.18. The number of hydrogen-bond acceptors (Lipinski definition) is 3. The van der Waals surface area contributed by atoms with Crippen molar-refractivity contribution in [2.45, 2.75) is 65.7 Å². The van der Waals surface area contributed by atoms with E-state index in [2.05, 4.69) is 4.98 Å². The van der Waals surface area contributed by atoms with Gasteiger partial charge in [0.05, 0.1) is 17.3 Å². The van der Waals surface area contributed by atoms with Crippen LogP contribution in [0, 0.1) is 19.7 Å². The number of halogens is 1. The number of carboxylic acids is 1. The molecular formula is C23H28FN3O2. The predicted molar refractivity (Wildman–Crippen MR) is 112 cm³/mol. The van der Waals surface area contributed by atoms with Gasteiger partial charge in [0.2, 0.25) is 0 Å². The van der Waals surface area contributed by atoms with E-state index in [0.717, 1.165) is 11.3 Å². The fourth-order valence-corrected chi connectivity index (χ4v) is 3.67. The molecule has 1 aromatic carbocycles. The van der Waals surface area contributed by atoms with Crippen LogP contribution in [0.1, 0.15) is 69.0 Å². The van der Waals surface area contributed by atoms with Crippen LogP contribution in [-0.4, -0.2) is 25.7 Å². The summed E-state index contributed by atoms with van der Waals surface area (Å²) in [6.45, 7) is 11.7. The molecule has 1 unspecified atom stereocenters. The van der Waals surface area contributed by atoms with Crippen LogP contribution < -0.4 is 0 Å². The van der Waals surface area contributed by atoms with Gasteiger partial charge in [0, 0.05) is 28.3 Å². The van der Waals surface area contributed by atoms with Crippen LogP contribution in [0.5, 0.6) is 0 Å². The molecule has 2 heterocycles. The Balaban J connectivity index is 2.46. The van der Waals surface area contributed by atoms with Crippen molar-refractivity contribution in [3.63, 3.8) is 0 Å². The van der Waals surface area contributed by atoms with E-state index in [-0.39, 0.29) is 5.41 Å². The van der Waals surface area contributed by atoms with Crippen molar-refractivity contribution in [1.82, 2.24) is 14.6 Å². The summed E-state index contributed by atoms with van der Waals surface area (Å²) in [6.07, 6.45) is 1.13. The third kappa shape index (κ3) is 3.88. The number of carboxylic acid groups (broad SMARTS) is 1. The molecule has 1 atom stereocenters. The molecule has 0 fully saturated rings. The molecule has 0 saturated carbocycles. The number of hydrogen-bond donors (Lipinski definition) is 1. The van der Waals surface area contributed by atoms with E-state index in [1.165, 1.54) is 6.07 Å². The molecular weight excluding hydrogens is 369 g/mol. The Morgan fingerprint density at radius 2 is 1.93 bits per heavy atom. The smallest absolute Gasteiger partial charge is 0.311 e. The summed E-state index contributed by atoms with van der Waals surface area (Å²) in [6, 6.07) is 6.88. The van der Waals surface area contributed by atoms with Crippen molar-refractivity contribution < 1.29 is 14.3 Å². The van der Waals surface area contributed by atoms with Crippen LogP contribution in [0.25, 0.3) is 16.9 Å². The maximum absolute atomic E-state index is 15.1. The first-order valence-corrected chi connectivity index (χ1v) is 9.94. The molecule has 3 rings (SSSR count). The second kappa shape index (κ2) is 7.58. The summed E-state index contributed by atoms with van der Waals surface area (Å²) in [5.41, 5.74) is 3.92. The standard InChI is InChI=1S/C23H28FN3O2/c1-7-8-16(22(28)29)20-14(3)25-19-12-18(23(4,5)6)26-27(19)21(20)15-10-9-13(2)11-17(15)24/h9-12,16H,7-8H2,1-6H3,(H,28,29). The van der Waals surface area contributed by atoms with Crippen LogP contribution in [-0.2, 0) is 10.2 Å². The topological polar surface area (TPSA) is 67.5 Å². The summed E-state index contributed by atoms with van der Waals surface area (Å²) in [5.74, 6) is -2.12. The molecule has 0 radical (unpaired) electrons. The molecule has 0 aliphatic carbocycles. The minimum absolute atomic E-state index is 0.222. The normalized spacial score (nSPS) is 13.1. The van der Waals surface area contributed by atoms with Gasteiger partial charge in [-0.05, 0) is 38.0 Å². The molecule has 0 spiro atoms. The number of aromatic nitrogens is 3. The van der Waals surface area contributed by atoms with Gasteiger partial charge in [-0.3, -0.25) is 4.79 Å². The molecule has 0 saturated heterocycles. The fraction of sp³-hybridized carbons (Fsp3) is 0.435. The molecule has 0 aliphatic rings. The Labute approximate surface area is 170 Å². The third-order valence-electron chi connectivity index (χ3n) is 5.20. The summed E-state index contributed by atoms with van der Waals surface area (Å²) >= 11 is 0. The number of rotatable bonds is 5. The van der Waals surface area contributed by atoms with Gasteiger partial charge < -0.3 is 5.11 Å². The highest BCUT2D eigenvalue weighted by Gasteiger charge is 2.30. The molecule has 3 aromatic rings. The van der Waals surface area contributed by atoms with Crippen molar-refractivity contribution in [2.75, 3.05) is 0 Å². The van der Waals surface area contributed by atoms with Gasteiger partial charge in [-0.1, -0.05) is 40.2 Å². The van der Waals surface area contributed by atoms with Gasteiger partial charge in [-0.2, -0.15) is 5.10 Å². The average molecular weight is 397 g/mol. The Hall–Kier alpha value is -2.76. The highest BCUT2D eigenvalue weighted by Crippen LogP contribution is 2.37. The molecule has 0 aliphatic heterocycles. The van der Waals surface area contributed by atoms with Crippen LogP contribution >= 0.6 is 0 Å². The number of fused-ring (bicyclic) bond motifs is 1. The highest BCUT2D eigenvalue weighted by molar-refractivity contribution is 5.81. The Bertz CT molecular complexity index is 1080. The molecule has 1 N–H and O–H groups in total. The second-order valence-electron chi connectivity index (χ2n) is 8.67. The minimum Gasteiger partial charge on any atom is -0.481 e. The first kappa shape index (κ1) is 21.0. The van der Waals surface area contributed by atoms with E-state index in [0.29, 0.717) is 41.0 Å². The van der Waals surface area contributed by atoms with Crippen molar-refractivity contribution >= 4 is 11.6 Å². The van der Waals surface area contributed by atoms with Gasteiger partial charge in [-0.15, -0.1) is 0 Å². The lowest BCUT2D eigenvalue weighted by atomic mass is 9.89. The number of nitrogens with zero attached hydrogens (tertiary/aromatic N) is 3. The van der Waals surface area contributed by atoms with Crippen molar-refractivity contribution in [3.05, 3.63) is 52.6 Å². The fourth-order valence-electron chi connectivity index (χ4n) is 3.67. The average Bonchev–Trinajstić information content (AvgIpc) is 3.03. The number of aryl methyl sites for hydroxylation is 2. The van der Waals surface area contributed by atoms with Crippen LogP contribution in [0.15, 0.2) is 24.3 Å². The van der Waals surface area contributed by atoms with Crippen molar-refractivity contribution in [1.29, 1.82) is 0 Å². The van der Waals surface area contributed by atoms with E-state index in [4.69, 9.17) is 5.10 Å². The van der Waals surface area contributed by atoms with Gasteiger partial charge in [-0.25, -0.2) is 13.9 Å². The lowest BCUT2D eigenvalue weighted by Gasteiger charge is -2.20. The van der Waals surface area contributed by atoms with Gasteiger partial charge in [0.1, 0.15) is 5.82 Å². The molecule has 154 valence electrons. The Kier molecular flexibility index (Phi) is 5.48. The van der Waals surface area contributed by atoms with E-state index in [9.17, 15) is 9.90 Å². The summed E-state index contributed by atoms with van der Waals surface area (Å²) in [7, 11) is 0. The predicted octanol–water partition coefficient (Wildman–Crippen LogP) is 5.42. The molecule has 2 aromatic heterocycles. The summed E-state index contributed by atoms with van der Waals surface area (Å²) < 4.78 is 16.7. The zero-order valence-corrected chi connectivity index (χ0v) is 17.9. The van der Waals surface area contributed by atoms with Crippen LogP contribution in [0.3, 0.4) is 0 Å². The molecule has 0 bridgehead atoms. The minimum atomic E-state index is -0.937. The quantitative estimate of drug-likeness (QED) is 0.624. The zero-order chi connectivity index (χ0) is 21.5. The Morgan fingerprint density at radius 3 is 2.48 bits per heavy atom. The highest BCUT2D eigenvalue weighted by atomic mass is 19.1. The number of benzene rings is 1. The third-order valence-corrected chi connectivity index (χ3v) is 5.20. The number of carbonyl (C=O) groups is 1. The molecule has 0 amide bonds. The lowest BCUT2D eigenvalue weighted by molar-refractivity contribution is -0.139. The van der Waals surface area contributed by atoms with Crippen LogP contribution in [0.2, 0.25) is 0 Å². The monoisotopic (exact) mass is 397 g/mol. The largest absolute Gasteiger partial charge is 0.481 e. The zero-order valence-electron chi connectivity index (χ0n) is 17.9. The van der Waals surface area contributed by atoms with Crippen molar-refractivity contribution in [2.24, 2.45) is 0 Å². The van der Waals surface area contributed by atoms with Gasteiger partial charge in [0.15, 0.2) is 5.65 Å². The Morgan fingerprint density at radius 1 is 1.24 bits per heavy atom. The van der Waals surface area contributed by atoms with E-state index in [1.54, 1.807) is 17.5 Å². The maximum atomic E-state index is 15.1. The molecule has 29 heavy (non-hydrogen) atoms. The summed E-state index contributed by atoms with van der Waals surface area (Å²) in [4.78, 5) is 16.8. The first-order chi connectivity index (χ1) is 13.5. The van der Waals surface area contributed by atoms with E-state index in [1.807, 2.05) is 46.8 Å². The van der Waals surface area contributed by atoms with E-state index >= 15 is 4.39 Å². The second-order valence-corrected chi connectivity index (χ2v) is 8.67. The van der Waals surface area contributed by atoms with Gasteiger partial charge in [0.25, 0.3) is 0 Å². The SMILES string of the molecule is CCCC(C(=O)O)c1c(C)nc2cc(C(C)(C)C)nn2c1-c1ccc(C)cc1F. The van der Waals surface area contributed by atoms with Crippen LogP contribution in [0.4, 0.5) is 4.39 Å². The van der Waals surface area contributed by atoms with Crippen molar-refractivity contribution in [3.8, 4) is 11.3 Å². The van der Waals surface area contributed by atoms with E-state index < -0.39 is 17.7 Å². The summed E-state index contributed by atoms with van der Waals surface area (Å²) in [5, 5.41) is 14.6. The molecule has 6 heteroatoms. The maximum Gasteiger partial charge on any atom is 0.311 e. The van der Waals surface area contributed by atoms with Gasteiger partial charge >= 0.3 is 5.97 Å². The number of aliphatic carboxylic acids is 1. The molecule has 5 nitrogen and oxygen atoms in total.